The van der Waals surface area contributed by atoms with E-state index in [-0.39, 0.29) is 23.9 Å². The molecule has 2 aromatic heterocycles. The fourth-order valence-electron chi connectivity index (χ4n) is 3.36. The van der Waals surface area contributed by atoms with Gasteiger partial charge in [-0.25, -0.2) is 4.98 Å². The summed E-state index contributed by atoms with van der Waals surface area (Å²) in [5, 5.41) is 1.22. The van der Waals surface area contributed by atoms with Gasteiger partial charge < -0.3 is 19.2 Å². The van der Waals surface area contributed by atoms with Gasteiger partial charge in [0.25, 0.3) is 5.56 Å². The maximum atomic E-state index is 13.5. The Morgan fingerprint density at radius 2 is 1.90 bits per heavy atom. The second-order valence-corrected chi connectivity index (χ2v) is 7.50. The molecule has 0 spiro atoms. The van der Waals surface area contributed by atoms with Crippen LogP contribution in [-0.2, 0) is 9.53 Å². The summed E-state index contributed by atoms with van der Waals surface area (Å²) < 4.78 is 17.2. The van der Waals surface area contributed by atoms with Gasteiger partial charge in [-0.2, -0.15) is 0 Å². The van der Waals surface area contributed by atoms with E-state index in [9.17, 15) is 9.59 Å². The summed E-state index contributed by atoms with van der Waals surface area (Å²) in [6.45, 7) is 2.04. The van der Waals surface area contributed by atoms with Crippen LogP contribution in [0.3, 0.4) is 0 Å². The predicted molar refractivity (Wildman–Crippen MR) is 120 cm³/mol. The Morgan fingerprint density at radius 3 is 2.65 bits per heavy atom. The number of H-pyrrole nitrogens is 1. The van der Waals surface area contributed by atoms with Crippen LogP contribution >= 0.6 is 11.8 Å². The Morgan fingerprint density at radius 1 is 1.13 bits per heavy atom. The Balaban J connectivity index is 1.94. The molecule has 4 rings (SSSR count). The number of benzene rings is 2. The first kappa shape index (κ1) is 20.8. The number of methoxy groups -OCH3 is 2. The summed E-state index contributed by atoms with van der Waals surface area (Å²) in [4.78, 5) is 33.4. The maximum absolute atomic E-state index is 13.5. The minimum absolute atomic E-state index is 0.0292. The SMILES string of the molecule is CCOC(=O)CSc1nc2c([nH]c3ccccc32)c(=O)n1-c1ccc(OC)c(OC)c1. The van der Waals surface area contributed by atoms with Crippen LogP contribution in [0.15, 0.2) is 52.4 Å². The van der Waals surface area contributed by atoms with Crippen LogP contribution in [0.25, 0.3) is 27.6 Å². The first-order valence-corrected chi connectivity index (χ1v) is 10.6. The fourth-order valence-corrected chi connectivity index (χ4v) is 4.16. The summed E-state index contributed by atoms with van der Waals surface area (Å²) in [5.41, 5.74) is 2.02. The monoisotopic (exact) mass is 439 g/mol. The highest BCUT2D eigenvalue weighted by Crippen LogP contribution is 2.31. The minimum atomic E-state index is -0.375. The molecule has 0 bridgehead atoms. The van der Waals surface area contributed by atoms with E-state index >= 15 is 0 Å². The van der Waals surface area contributed by atoms with Crippen LogP contribution in [0, 0.1) is 0 Å². The van der Waals surface area contributed by atoms with Crippen molar-refractivity contribution < 1.29 is 19.0 Å². The number of aromatic amines is 1. The molecule has 0 aliphatic carbocycles. The lowest BCUT2D eigenvalue weighted by Crippen LogP contribution is -2.22. The molecular formula is C22H21N3O5S. The average molecular weight is 439 g/mol. The Labute approximate surface area is 182 Å². The smallest absolute Gasteiger partial charge is 0.316 e. The minimum Gasteiger partial charge on any atom is -0.493 e. The van der Waals surface area contributed by atoms with Crippen molar-refractivity contribution in [3.05, 3.63) is 52.8 Å². The summed E-state index contributed by atoms with van der Waals surface area (Å²) in [6.07, 6.45) is 0. The average Bonchev–Trinajstić information content (AvgIpc) is 3.16. The number of esters is 1. The molecule has 0 fully saturated rings. The van der Waals surface area contributed by atoms with Crippen molar-refractivity contribution in [1.29, 1.82) is 0 Å². The number of ether oxygens (including phenoxy) is 3. The van der Waals surface area contributed by atoms with Crippen molar-refractivity contribution in [2.45, 2.75) is 12.1 Å². The number of carbonyl (C=O) groups is 1. The van der Waals surface area contributed by atoms with Crippen molar-refractivity contribution in [2.75, 3.05) is 26.6 Å². The highest BCUT2D eigenvalue weighted by atomic mass is 32.2. The molecule has 160 valence electrons. The third-order valence-corrected chi connectivity index (χ3v) is 5.66. The van der Waals surface area contributed by atoms with Crippen molar-refractivity contribution in [1.82, 2.24) is 14.5 Å². The van der Waals surface area contributed by atoms with E-state index in [0.717, 1.165) is 22.7 Å². The summed E-state index contributed by atoms with van der Waals surface area (Å²) >= 11 is 1.15. The van der Waals surface area contributed by atoms with Gasteiger partial charge in [-0.1, -0.05) is 30.0 Å². The zero-order valence-corrected chi connectivity index (χ0v) is 18.1. The third kappa shape index (κ3) is 3.84. The highest BCUT2D eigenvalue weighted by Gasteiger charge is 2.19. The predicted octanol–water partition coefficient (Wildman–Crippen LogP) is 3.54. The van der Waals surface area contributed by atoms with Crippen LogP contribution in [-0.4, -0.2) is 47.1 Å². The van der Waals surface area contributed by atoms with E-state index in [1.807, 2.05) is 24.3 Å². The molecule has 4 aromatic rings. The summed E-state index contributed by atoms with van der Waals surface area (Å²) in [5.74, 6) is 0.672. The molecule has 8 nitrogen and oxygen atoms in total. The molecule has 0 amide bonds. The number of hydrogen-bond acceptors (Lipinski definition) is 7. The molecule has 0 aliphatic rings. The molecule has 0 unspecified atom stereocenters. The molecular weight excluding hydrogens is 418 g/mol. The lowest BCUT2D eigenvalue weighted by atomic mass is 10.2. The molecule has 2 aromatic carbocycles. The van der Waals surface area contributed by atoms with Crippen molar-refractivity contribution in [3.8, 4) is 17.2 Å². The Kier molecular flexibility index (Phi) is 5.85. The highest BCUT2D eigenvalue weighted by molar-refractivity contribution is 7.99. The van der Waals surface area contributed by atoms with E-state index in [1.165, 1.54) is 11.7 Å². The number of fused-ring (bicyclic) bond motifs is 3. The molecule has 31 heavy (non-hydrogen) atoms. The molecule has 9 heteroatoms. The van der Waals surface area contributed by atoms with Gasteiger partial charge >= 0.3 is 5.97 Å². The number of thioether (sulfide) groups is 1. The van der Waals surface area contributed by atoms with E-state index in [0.29, 0.717) is 33.4 Å². The molecule has 1 N–H and O–H groups in total. The molecule has 0 aliphatic heterocycles. The van der Waals surface area contributed by atoms with Gasteiger partial charge in [0, 0.05) is 17.0 Å². The number of nitrogens with one attached hydrogen (secondary N) is 1. The third-order valence-electron chi connectivity index (χ3n) is 4.74. The number of rotatable bonds is 7. The summed E-state index contributed by atoms with van der Waals surface area (Å²) in [6, 6.07) is 12.7. The van der Waals surface area contributed by atoms with Crippen LogP contribution < -0.4 is 15.0 Å². The number of aromatic nitrogens is 3. The van der Waals surface area contributed by atoms with Crippen LogP contribution in [0.4, 0.5) is 0 Å². The molecule has 0 saturated carbocycles. The van der Waals surface area contributed by atoms with E-state index in [4.69, 9.17) is 19.2 Å². The zero-order valence-electron chi connectivity index (χ0n) is 17.3. The Hall–Kier alpha value is -3.46. The first-order valence-electron chi connectivity index (χ1n) is 9.61. The van der Waals surface area contributed by atoms with Crippen LogP contribution in [0.5, 0.6) is 11.5 Å². The quantitative estimate of drug-likeness (QED) is 0.267. The fraction of sp³-hybridized carbons (Fsp3) is 0.227. The second-order valence-electron chi connectivity index (χ2n) is 6.56. The van der Waals surface area contributed by atoms with Crippen molar-refractivity contribution >= 4 is 39.7 Å². The maximum Gasteiger partial charge on any atom is 0.316 e. The number of hydrogen-bond donors (Lipinski definition) is 1. The van der Waals surface area contributed by atoms with Gasteiger partial charge in [-0.05, 0) is 25.1 Å². The van der Waals surface area contributed by atoms with Crippen molar-refractivity contribution in [3.63, 3.8) is 0 Å². The second kappa shape index (κ2) is 8.73. The van der Waals surface area contributed by atoms with E-state index in [2.05, 4.69) is 4.98 Å². The molecule has 2 heterocycles. The van der Waals surface area contributed by atoms with E-state index < -0.39 is 0 Å². The normalized spacial score (nSPS) is 11.1. The van der Waals surface area contributed by atoms with Gasteiger partial charge in [0.2, 0.25) is 0 Å². The topological polar surface area (TPSA) is 95.4 Å². The Bertz CT molecular complexity index is 1330. The number of para-hydroxylation sites is 1. The lowest BCUT2D eigenvalue weighted by Gasteiger charge is -2.14. The van der Waals surface area contributed by atoms with Crippen LogP contribution in [0.2, 0.25) is 0 Å². The van der Waals surface area contributed by atoms with E-state index in [1.54, 1.807) is 32.2 Å². The molecule has 0 radical (unpaired) electrons. The number of carbonyl (C=O) groups excluding carboxylic acids is 1. The number of nitrogens with zero attached hydrogens (tertiary/aromatic N) is 2. The van der Waals surface area contributed by atoms with Gasteiger partial charge in [0.1, 0.15) is 11.0 Å². The standard InChI is InChI=1S/C22H21N3O5S/c1-4-30-18(26)12-31-22-24-19-14-7-5-6-8-15(14)23-20(19)21(27)25(22)13-9-10-16(28-2)17(11-13)29-3/h5-11,23H,4,12H2,1-3H3. The zero-order chi connectivity index (χ0) is 22.0. The van der Waals surface area contributed by atoms with Gasteiger partial charge in [0.15, 0.2) is 16.7 Å². The van der Waals surface area contributed by atoms with Gasteiger partial charge in [-0.15, -0.1) is 0 Å². The molecule has 0 saturated heterocycles. The lowest BCUT2D eigenvalue weighted by molar-refractivity contribution is -0.139. The summed E-state index contributed by atoms with van der Waals surface area (Å²) in [7, 11) is 3.07. The molecule has 0 atom stereocenters. The van der Waals surface area contributed by atoms with Gasteiger partial charge in [-0.3, -0.25) is 14.2 Å². The first-order chi connectivity index (χ1) is 15.1. The largest absolute Gasteiger partial charge is 0.493 e. The van der Waals surface area contributed by atoms with Crippen molar-refractivity contribution in [2.24, 2.45) is 0 Å². The van der Waals surface area contributed by atoms with Gasteiger partial charge in [0.05, 0.1) is 32.3 Å². The van der Waals surface area contributed by atoms with Crippen LogP contribution in [0.1, 0.15) is 6.92 Å².